The van der Waals surface area contributed by atoms with Crippen LogP contribution < -0.4 is 14.5 Å². The minimum Gasteiger partial charge on any atom is -0.494 e. The van der Waals surface area contributed by atoms with Gasteiger partial charge in [-0.15, -0.1) is 0 Å². The van der Waals surface area contributed by atoms with Gasteiger partial charge in [-0.2, -0.15) is 0 Å². The van der Waals surface area contributed by atoms with Crippen LogP contribution >= 0.6 is 11.6 Å². The topological polar surface area (TPSA) is 36.0 Å². The Bertz CT molecular complexity index is 1240. The van der Waals surface area contributed by atoms with E-state index >= 15 is 0 Å². The summed E-state index contributed by atoms with van der Waals surface area (Å²) in [6, 6.07) is 18.6. The van der Waals surface area contributed by atoms with E-state index in [0.717, 1.165) is 56.9 Å². The first-order valence-electron chi connectivity index (χ1n) is 12.5. The fraction of sp³-hybridized carbons (Fsp3) is 0.345. The average molecular weight is 508 g/mol. The molecule has 2 aliphatic rings. The molecular weight excluding hydrogens is 477 g/mol. The molecule has 1 atom stereocenters. The van der Waals surface area contributed by atoms with Gasteiger partial charge in [0.05, 0.1) is 12.8 Å². The zero-order valence-corrected chi connectivity index (χ0v) is 21.5. The highest BCUT2D eigenvalue weighted by molar-refractivity contribution is 6.30. The van der Waals surface area contributed by atoms with E-state index < -0.39 is 0 Å². The third-order valence-corrected chi connectivity index (χ3v) is 7.64. The number of anilines is 2. The summed E-state index contributed by atoms with van der Waals surface area (Å²) in [6.45, 7) is 6.47. The molecule has 1 unspecified atom stereocenters. The van der Waals surface area contributed by atoms with Gasteiger partial charge >= 0.3 is 0 Å². The number of nitrogens with zero attached hydrogens (tertiary/aromatic N) is 3. The number of aryl methyl sites for hydroxylation is 1. The van der Waals surface area contributed by atoms with E-state index in [4.69, 9.17) is 16.3 Å². The third kappa shape index (κ3) is 4.93. The van der Waals surface area contributed by atoms with Crippen molar-refractivity contribution < 1.29 is 13.9 Å². The summed E-state index contributed by atoms with van der Waals surface area (Å²) in [6.07, 6.45) is 1.92. The summed E-state index contributed by atoms with van der Waals surface area (Å²) in [5.74, 6) is 0.299. The smallest absolute Gasteiger partial charge is 0.258 e. The van der Waals surface area contributed by atoms with Crippen molar-refractivity contribution in [2.24, 2.45) is 0 Å². The van der Waals surface area contributed by atoms with Crippen molar-refractivity contribution in [3.63, 3.8) is 0 Å². The molecule has 0 radical (unpaired) electrons. The van der Waals surface area contributed by atoms with Crippen LogP contribution in [0.25, 0.3) is 0 Å². The van der Waals surface area contributed by atoms with Gasteiger partial charge in [0, 0.05) is 61.1 Å². The second-order valence-electron chi connectivity index (χ2n) is 9.47. The largest absolute Gasteiger partial charge is 0.494 e. The molecule has 1 fully saturated rings. The van der Waals surface area contributed by atoms with Crippen LogP contribution in [0.4, 0.5) is 15.8 Å². The van der Waals surface area contributed by atoms with E-state index in [1.54, 1.807) is 37.4 Å². The Morgan fingerprint density at radius 1 is 0.944 bits per heavy atom. The zero-order valence-electron chi connectivity index (χ0n) is 20.7. The van der Waals surface area contributed by atoms with Crippen LogP contribution in [0.2, 0.25) is 5.02 Å². The van der Waals surface area contributed by atoms with Gasteiger partial charge in [0.2, 0.25) is 0 Å². The highest BCUT2D eigenvalue weighted by atomic mass is 35.5. The van der Waals surface area contributed by atoms with Crippen molar-refractivity contribution in [3.05, 3.63) is 88.2 Å². The van der Waals surface area contributed by atoms with Crippen molar-refractivity contribution in [1.29, 1.82) is 0 Å². The summed E-state index contributed by atoms with van der Waals surface area (Å²) in [4.78, 5) is 19.8. The summed E-state index contributed by atoms with van der Waals surface area (Å²) in [5.41, 5.74) is 5.08. The second kappa shape index (κ2) is 10.5. The van der Waals surface area contributed by atoms with E-state index in [2.05, 4.69) is 34.9 Å². The molecule has 5 nitrogen and oxygen atoms in total. The van der Waals surface area contributed by atoms with Crippen molar-refractivity contribution >= 4 is 28.9 Å². The highest BCUT2D eigenvalue weighted by Crippen LogP contribution is 2.34. The molecule has 1 saturated heterocycles. The number of methoxy groups -OCH3 is 1. The van der Waals surface area contributed by atoms with Crippen molar-refractivity contribution in [1.82, 2.24) is 4.90 Å². The lowest BCUT2D eigenvalue weighted by molar-refractivity contribution is 0.0985. The second-order valence-corrected chi connectivity index (χ2v) is 9.91. The summed E-state index contributed by atoms with van der Waals surface area (Å²) >= 11 is 6.00. The van der Waals surface area contributed by atoms with Crippen LogP contribution in [0.3, 0.4) is 0 Å². The molecule has 0 saturated carbocycles. The number of hydrogen-bond acceptors (Lipinski definition) is 4. The number of hydrogen-bond donors (Lipinski definition) is 0. The van der Waals surface area contributed by atoms with Gasteiger partial charge in [0.25, 0.3) is 5.91 Å². The van der Waals surface area contributed by atoms with Gasteiger partial charge in [-0.25, -0.2) is 4.39 Å². The fourth-order valence-electron chi connectivity index (χ4n) is 5.31. The van der Waals surface area contributed by atoms with Crippen molar-refractivity contribution in [3.8, 4) is 5.75 Å². The minimum absolute atomic E-state index is 0.0146. The number of halogens is 2. The predicted molar refractivity (Wildman–Crippen MR) is 143 cm³/mol. The molecule has 7 heteroatoms. The molecule has 3 aromatic rings. The van der Waals surface area contributed by atoms with Crippen LogP contribution in [-0.2, 0) is 6.42 Å². The maximum atomic E-state index is 13.6. The maximum Gasteiger partial charge on any atom is 0.258 e. The molecule has 2 heterocycles. The van der Waals surface area contributed by atoms with E-state index in [9.17, 15) is 9.18 Å². The van der Waals surface area contributed by atoms with Gasteiger partial charge in [0.1, 0.15) is 11.6 Å². The Morgan fingerprint density at radius 2 is 1.67 bits per heavy atom. The van der Waals surface area contributed by atoms with Crippen LogP contribution in [0, 0.1) is 5.82 Å². The molecular formula is C29H31ClFN3O2. The molecule has 0 aliphatic carbocycles. The molecule has 36 heavy (non-hydrogen) atoms. The average Bonchev–Trinajstić information content (AvgIpc) is 2.92. The number of carbonyl (C=O) groups is 1. The van der Waals surface area contributed by atoms with Crippen LogP contribution in [-0.4, -0.2) is 50.6 Å². The highest BCUT2D eigenvalue weighted by Gasteiger charge is 2.27. The first-order valence-corrected chi connectivity index (χ1v) is 12.8. The summed E-state index contributed by atoms with van der Waals surface area (Å²) < 4.78 is 19.0. The Morgan fingerprint density at radius 3 is 2.39 bits per heavy atom. The molecule has 2 aliphatic heterocycles. The number of rotatable bonds is 5. The first-order chi connectivity index (χ1) is 17.4. The van der Waals surface area contributed by atoms with Gasteiger partial charge in [-0.1, -0.05) is 23.7 Å². The van der Waals surface area contributed by atoms with Gasteiger partial charge in [0.15, 0.2) is 0 Å². The molecule has 0 aromatic heterocycles. The van der Waals surface area contributed by atoms with E-state index in [-0.39, 0.29) is 17.8 Å². The Balaban J connectivity index is 1.28. The monoisotopic (exact) mass is 507 g/mol. The molecule has 1 amide bonds. The number of fused-ring (bicyclic) bond motifs is 1. The van der Waals surface area contributed by atoms with E-state index in [1.807, 2.05) is 4.90 Å². The molecule has 0 N–H and O–H groups in total. The Kier molecular flexibility index (Phi) is 7.17. The van der Waals surface area contributed by atoms with Crippen LogP contribution in [0.1, 0.15) is 40.9 Å². The maximum absolute atomic E-state index is 13.6. The lowest BCUT2D eigenvalue weighted by Crippen LogP contribution is -2.47. The predicted octanol–water partition coefficient (Wildman–Crippen LogP) is 5.96. The lowest BCUT2D eigenvalue weighted by Gasteiger charge is -2.40. The number of amides is 1. The van der Waals surface area contributed by atoms with Gasteiger partial charge in [-0.3, -0.25) is 9.69 Å². The Labute approximate surface area is 217 Å². The van der Waals surface area contributed by atoms with Crippen LogP contribution in [0.15, 0.2) is 60.7 Å². The van der Waals surface area contributed by atoms with Crippen molar-refractivity contribution in [2.45, 2.75) is 25.8 Å². The van der Waals surface area contributed by atoms with Gasteiger partial charge < -0.3 is 14.5 Å². The van der Waals surface area contributed by atoms with E-state index in [1.165, 1.54) is 23.3 Å². The normalized spacial score (nSPS) is 17.0. The standard InChI is InChI=1S/C29H31ClFN3O2/c1-20(32-14-16-33(17-15-32)27-12-10-25(31)19-28(27)36-2)22-7-11-26-23(18-22)4-3-13-34(26)29(35)21-5-8-24(30)9-6-21/h5-12,18-20H,3-4,13-17H2,1-2H3. The third-order valence-electron chi connectivity index (χ3n) is 7.39. The summed E-state index contributed by atoms with van der Waals surface area (Å²) in [5, 5.41) is 0.627. The number of benzene rings is 3. The van der Waals surface area contributed by atoms with Crippen LogP contribution in [0.5, 0.6) is 5.75 Å². The molecule has 0 spiro atoms. The minimum atomic E-state index is -0.288. The lowest BCUT2D eigenvalue weighted by atomic mass is 9.95. The molecule has 0 bridgehead atoms. The number of piperazine rings is 1. The fourth-order valence-corrected chi connectivity index (χ4v) is 5.44. The molecule has 5 rings (SSSR count). The van der Waals surface area contributed by atoms with E-state index in [0.29, 0.717) is 16.3 Å². The first kappa shape index (κ1) is 24.6. The SMILES string of the molecule is COc1cc(F)ccc1N1CCN(C(C)c2ccc3c(c2)CCCN3C(=O)c2ccc(Cl)cc2)CC1. The molecule has 188 valence electrons. The summed E-state index contributed by atoms with van der Waals surface area (Å²) in [7, 11) is 1.58. The quantitative estimate of drug-likeness (QED) is 0.426. The Hall–Kier alpha value is -3.09. The van der Waals surface area contributed by atoms with Gasteiger partial charge in [-0.05, 0) is 73.4 Å². The number of carbonyl (C=O) groups excluding carboxylic acids is 1. The number of ether oxygens (including phenoxy) is 1. The molecule has 3 aromatic carbocycles. The van der Waals surface area contributed by atoms with Crippen molar-refractivity contribution in [2.75, 3.05) is 49.6 Å². The zero-order chi connectivity index (χ0) is 25.2.